The highest BCUT2D eigenvalue weighted by Gasteiger charge is 2.19. The Bertz CT molecular complexity index is 1830. The van der Waals surface area contributed by atoms with E-state index < -0.39 is 0 Å². The maximum absolute atomic E-state index is 13.9. The van der Waals surface area contributed by atoms with E-state index in [2.05, 4.69) is 69.1 Å². The molecular formula is C35H39N7O2. The third-order valence-electron chi connectivity index (χ3n) is 8.30. The number of aryl methyl sites for hydroxylation is 1. The van der Waals surface area contributed by atoms with Gasteiger partial charge in [-0.3, -0.25) is 9.59 Å². The van der Waals surface area contributed by atoms with Gasteiger partial charge in [0.2, 0.25) is 0 Å². The number of piperazine rings is 1. The van der Waals surface area contributed by atoms with Crippen LogP contribution in [0.3, 0.4) is 0 Å². The minimum absolute atomic E-state index is 0.0709. The molecule has 1 aliphatic rings. The lowest BCUT2D eigenvalue weighted by Gasteiger charge is -2.33. The number of likely N-dealkylation sites (N-methyl/N-ethyl adjacent to an activating group) is 1. The van der Waals surface area contributed by atoms with E-state index in [1.807, 2.05) is 67.8 Å². The zero-order chi connectivity index (χ0) is 30.8. The summed E-state index contributed by atoms with van der Waals surface area (Å²) in [5.41, 5.74) is 5.88. The molecule has 0 saturated carbocycles. The summed E-state index contributed by atoms with van der Waals surface area (Å²) < 4.78 is 2.17. The van der Waals surface area contributed by atoms with Crippen LogP contribution < -0.4 is 21.1 Å². The fourth-order valence-corrected chi connectivity index (χ4v) is 5.79. The average Bonchev–Trinajstić information content (AvgIpc) is 3.46. The zero-order valence-electron chi connectivity index (χ0n) is 25.7. The van der Waals surface area contributed by atoms with Gasteiger partial charge in [0.05, 0.1) is 17.8 Å². The van der Waals surface area contributed by atoms with Gasteiger partial charge in [-0.25, -0.2) is 4.98 Å². The molecule has 44 heavy (non-hydrogen) atoms. The van der Waals surface area contributed by atoms with Crippen molar-refractivity contribution in [3.63, 3.8) is 0 Å². The summed E-state index contributed by atoms with van der Waals surface area (Å²) in [6.07, 6.45) is 3.92. The number of nitrogens with one attached hydrogen (secondary N) is 3. The summed E-state index contributed by atoms with van der Waals surface area (Å²) >= 11 is 0. The van der Waals surface area contributed by atoms with Crippen LogP contribution in [-0.2, 0) is 6.54 Å². The van der Waals surface area contributed by atoms with Gasteiger partial charge in [0, 0.05) is 78.0 Å². The molecule has 2 aromatic carbocycles. The lowest BCUT2D eigenvalue weighted by molar-refractivity contribution is 0.0952. The van der Waals surface area contributed by atoms with Crippen molar-refractivity contribution in [2.45, 2.75) is 33.4 Å². The predicted octanol–water partition coefficient (Wildman–Crippen LogP) is 5.71. The molecule has 9 nitrogen and oxygen atoms in total. The standard InChI is InChI=1S/C35H39N7O2/c1-23(2)42-13-12-28-29(19-26(20-32(28)42)25-10-11-33(36-21-25)41-16-14-40(4)15-17-41)34(43)37-22-30-31(18-24(3)38-35(30)44)39-27-8-6-5-7-9-27/h5-13,18-21,23H,14-17,22H2,1-4H3,(H,37,43)(H2,38,39,44). The number of carbonyl (C=O) groups excluding carboxylic acids is 1. The number of rotatable bonds is 8. The number of aromatic nitrogens is 3. The van der Waals surface area contributed by atoms with Crippen LogP contribution in [0, 0.1) is 6.92 Å². The predicted molar refractivity (Wildman–Crippen MR) is 178 cm³/mol. The maximum atomic E-state index is 13.9. The molecule has 0 atom stereocenters. The number of hydrogen-bond acceptors (Lipinski definition) is 6. The van der Waals surface area contributed by atoms with Crippen LogP contribution in [0.4, 0.5) is 17.2 Å². The normalized spacial score (nSPS) is 13.9. The molecular weight excluding hydrogens is 550 g/mol. The molecule has 3 N–H and O–H groups in total. The van der Waals surface area contributed by atoms with Crippen LogP contribution in [0.2, 0.25) is 0 Å². The summed E-state index contributed by atoms with van der Waals surface area (Å²) in [5.74, 6) is 0.723. The number of carbonyl (C=O) groups is 1. The minimum atomic E-state index is -0.244. The quantitative estimate of drug-likeness (QED) is 0.215. The number of amides is 1. The summed E-state index contributed by atoms with van der Waals surface area (Å²) in [4.78, 5) is 39.2. The van der Waals surface area contributed by atoms with Crippen molar-refractivity contribution in [2.75, 3.05) is 43.4 Å². The largest absolute Gasteiger partial charge is 0.355 e. The number of fused-ring (bicyclic) bond motifs is 1. The number of H-pyrrole nitrogens is 1. The molecule has 0 radical (unpaired) electrons. The summed E-state index contributed by atoms with van der Waals surface area (Å²) in [6, 6.07) is 22.0. The van der Waals surface area contributed by atoms with Crippen molar-refractivity contribution in [1.29, 1.82) is 0 Å². The van der Waals surface area contributed by atoms with Crippen LogP contribution >= 0.6 is 0 Å². The van der Waals surface area contributed by atoms with E-state index in [9.17, 15) is 9.59 Å². The van der Waals surface area contributed by atoms with Gasteiger partial charge in [-0.15, -0.1) is 0 Å². The number of aromatic amines is 1. The molecule has 9 heteroatoms. The van der Waals surface area contributed by atoms with Crippen molar-refractivity contribution in [3.8, 4) is 11.1 Å². The second-order valence-corrected chi connectivity index (χ2v) is 11.8. The van der Waals surface area contributed by atoms with E-state index in [-0.39, 0.29) is 24.1 Å². The maximum Gasteiger partial charge on any atom is 0.255 e. The van der Waals surface area contributed by atoms with Gasteiger partial charge in [-0.2, -0.15) is 0 Å². The second kappa shape index (κ2) is 12.4. The fourth-order valence-electron chi connectivity index (χ4n) is 5.79. The Morgan fingerprint density at radius 1 is 0.977 bits per heavy atom. The Morgan fingerprint density at radius 3 is 2.45 bits per heavy atom. The van der Waals surface area contributed by atoms with Crippen LogP contribution in [0.15, 0.2) is 83.9 Å². The third kappa shape index (κ3) is 6.09. The molecule has 6 rings (SSSR count). The first-order chi connectivity index (χ1) is 21.3. The summed E-state index contributed by atoms with van der Waals surface area (Å²) in [7, 11) is 2.14. The first-order valence-electron chi connectivity index (χ1n) is 15.1. The molecule has 1 aliphatic heterocycles. The van der Waals surface area contributed by atoms with Gasteiger partial charge in [-0.1, -0.05) is 18.2 Å². The van der Waals surface area contributed by atoms with Gasteiger partial charge in [-0.05, 0) is 81.9 Å². The lowest BCUT2D eigenvalue weighted by atomic mass is 10.0. The first kappa shape index (κ1) is 29.2. The van der Waals surface area contributed by atoms with Gasteiger partial charge < -0.3 is 30.0 Å². The van der Waals surface area contributed by atoms with Crippen molar-refractivity contribution in [3.05, 3.63) is 106 Å². The van der Waals surface area contributed by atoms with Gasteiger partial charge >= 0.3 is 0 Å². The molecule has 1 fully saturated rings. The van der Waals surface area contributed by atoms with Crippen molar-refractivity contribution in [2.24, 2.45) is 0 Å². The molecule has 0 spiro atoms. The van der Waals surface area contributed by atoms with Crippen molar-refractivity contribution < 1.29 is 4.79 Å². The number of anilines is 3. The molecule has 226 valence electrons. The monoisotopic (exact) mass is 589 g/mol. The molecule has 0 aliphatic carbocycles. The van der Waals surface area contributed by atoms with Gasteiger partial charge in [0.1, 0.15) is 5.82 Å². The van der Waals surface area contributed by atoms with E-state index in [0.717, 1.165) is 65.4 Å². The summed E-state index contributed by atoms with van der Waals surface area (Å²) in [6.45, 7) is 10.1. The van der Waals surface area contributed by atoms with Crippen LogP contribution in [0.25, 0.3) is 22.0 Å². The highest BCUT2D eigenvalue weighted by molar-refractivity contribution is 6.08. The first-order valence-corrected chi connectivity index (χ1v) is 15.1. The van der Waals surface area contributed by atoms with E-state index >= 15 is 0 Å². The molecule has 0 unspecified atom stereocenters. The molecule has 5 aromatic rings. The minimum Gasteiger partial charge on any atom is -0.355 e. The Hall–Kier alpha value is -4.89. The molecule has 4 heterocycles. The van der Waals surface area contributed by atoms with Crippen LogP contribution in [0.1, 0.15) is 41.5 Å². The number of pyridine rings is 2. The van der Waals surface area contributed by atoms with E-state index in [0.29, 0.717) is 16.8 Å². The Kier molecular flexibility index (Phi) is 8.21. The third-order valence-corrected chi connectivity index (χ3v) is 8.30. The smallest absolute Gasteiger partial charge is 0.255 e. The topological polar surface area (TPSA) is 98.3 Å². The highest BCUT2D eigenvalue weighted by Crippen LogP contribution is 2.31. The molecule has 0 bridgehead atoms. The van der Waals surface area contributed by atoms with E-state index in [4.69, 9.17) is 4.98 Å². The number of nitrogens with zero attached hydrogens (tertiary/aromatic N) is 4. The molecule has 1 amide bonds. The lowest BCUT2D eigenvalue weighted by Crippen LogP contribution is -2.44. The second-order valence-electron chi connectivity index (χ2n) is 11.8. The molecule has 1 saturated heterocycles. The Balaban J connectivity index is 1.31. The Morgan fingerprint density at radius 2 is 1.75 bits per heavy atom. The van der Waals surface area contributed by atoms with Gasteiger partial charge in [0.15, 0.2) is 0 Å². The van der Waals surface area contributed by atoms with Gasteiger partial charge in [0.25, 0.3) is 11.5 Å². The molecule has 3 aromatic heterocycles. The summed E-state index contributed by atoms with van der Waals surface area (Å²) in [5, 5.41) is 7.23. The average molecular weight is 590 g/mol. The van der Waals surface area contributed by atoms with E-state index in [1.165, 1.54) is 0 Å². The number of hydrogen-bond donors (Lipinski definition) is 3. The fraction of sp³-hybridized carbons (Fsp3) is 0.286. The Labute approximate surface area is 257 Å². The number of para-hydroxylation sites is 1. The SMILES string of the molecule is Cc1cc(Nc2ccccc2)c(CNC(=O)c2cc(-c3ccc(N4CCN(C)CC4)nc3)cc3c2ccn3C(C)C)c(=O)[nH]1. The van der Waals surface area contributed by atoms with Crippen molar-refractivity contribution >= 4 is 34.0 Å². The van der Waals surface area contributed by atoms with E-state index in [1.54, 1.807) is 0 Å². The zero-order valence-corrected chi connectivity index (χ0v) is 25.7. The number of benzene rings is 2. The van der Waals surface area contributed by atoms with Crippen LogP contribution in [-0.4, -0.2) is 58.6 Å². The highest BCUT2D eigenvalue weighted by atomic mass is 16.1. The van der Waals surface area contributed by atoms with Crippen molar-refractivity contribution in [1.82, 2.24) is 24.8 Å². The van der Waals surface area contributed by atoms with Crippen LogP contribution in [0.5, 0.6) is 0 Å².